The minimum Gasteiger partial charge on any atom is -0.379 e. The quantitative estimate of drug-likeness (QED) is 0.673. The van der Waals surface area contributed by atoms with E-state index in [0.717, 1.165) is 5.56 Å². The molecule has 0 spiro atoms. The molecule has 0 aromatic heterocycles. The third-order valence-electron chi connectivity index (χ3n) is 4.70. The predicted octanol–water partition coefficient (Wildman–Crippen LogP) is 3.28. The van der Waals surface area contributed by atoms with E-state index in [1.54, 1.807) is 31.2 Å². The molecule has 1 aliphatic heterocycles. The van der Waals surface area contributed by atoms with Gasteiger partial charge >= 0.3 is 0 Å². The fraction of sp³-hybridized carbons (Fsp3) is 0.364. The standard InChI is InChI=1S/C22H27N3O4S/c1-16(2)14-23-30(27,28)15-17-8-7-11-19(12-17)24-21(26)22(3)13-20(25-29-22)18-9-5-4-6-10-18/h4-12,16,23H,13-15H2,1-3H3,(H,24,26). The van der Waals surface area contributed by atoms with Gasteiger partial charge in [-0.25, -0.2) is 13.1 Å². The number of sulfonamides is 1. The first-order chi connectivity index (χ1) is 14.2. The Labute approximate surface area is 177 Å². The van der Waals surface area contributed by atoms with Crippen molar-refractivity contribution in [3.63, 3.8) is 0 Å². The number of benzene rings is 2. The molecule has 30 heavy (non-hydrogen) atoms. The molecule has 2 aromatic rings. The number of carbonyl (C=O) groups excluding carboxylic acids is 1. The molecule has 1 unspecified atom stereocenters. The summed E-state index contributed by atoms with van der Waals surface area (Å²) in [6.45, 7) is 5.96. The molecular weight excluding hydrogens is 402 g/mol. The molecule has 0 bridgehead atoms. The molecule has 1 heterocycles. The molecule has 0 fully saturated rings. The van der Waals surface area contributed by atoms with Crippen molar-refractivity contribution in [2.45, 2.75) is 38.5 Å². The predicted molar refractivity (Wildman–Crippen MR) is 118 cm³/mol. The summed E-state index contributed by atoms with van der Waals surface area (Å²) in [5.41, 5.74) is 1.59. The highest BCUT2D eigenvalue weighted by atomic mass is 32.2. The molecule has 1 aliphatic rings. The summed E-state index contributed by atoms with van der Waals surface area (Å²) < 4.78 is 27.1. The van der Waals surface area contributed by atoms with Crippen LogP contribution in [0.5, 0.6) is 0 Å². The van der Waals surface area contributed by atoms with Crippen LogP contribution in [-0.2, 0) is 25.4 Å². The number of rotatable bonds is 8. The van der Waals surface area contributed by atoms with E-state index < -0.39 is 15.6 Å². The Kier molecular flexibility index (Phi) is 6.58. The van der Waals surface area contributed by atoms with Gasteiger partial charge in [0.1, 0.15) is 0 Å². The lowest BCUT2D eigenvalue weighted by molar-refractivity contribution is -0.135. The summed E-state index contributed by atoms with van der Waals surface area (Å²) in [5.74, 6) is -0.269. The minimum atomic E-state index is -3.45. The van der Waals surface area contributed by atoms with Gasteiger partial charge in [0.25, 0.3) is 5.91 Å². The third-order valence-corrected chi connectivity index (χ3v) is 6.02. The van der Waals surface area contributed by atoms with Crippen molar-refractivity contribution >= 4 is 27.3 Å². The van der Waals surface area contributed by atoms with E-state index in [0.29, 0.717) is 29.9 Å². The first-order valence-electron chi connectivity index (χ1n) is 9.85. The average molecular weight is 430 g/mol. The Hall–Kier alpha value is -2.71. The van der Waals surface area contributed by atoms with Crippen LogP contribution in [-0.4, -0.2) is 32.2 Å². The van der Waals surface area contributed by atoms with Crippen LogP contribution in [0.1, 0.15) is 38.3 Å². The number of oxime groups is 1. The molecule has 7 nitrogen and oxygen atoms in total. The van der Waals surface area contributed by atoms with Crippen molar-refractivity contribution in [2.24, 2.45) is 11.1 Å². The van der Waals surface area contributed by atoms with Crippen molar-refractivity contribution in [1.29, 1.82) is 0 Å². The van der Waals surface area contributed by atoms with E-state index >= 15 is 0 Å². The van der Waals surface area contributed by atoms with Crippen LogP contribution >= 0.6 is 0 Å². The molecule has 1 atom stereocenters. The van der Waals surface area contributed by atoms with Crippen molar-refractivity contribution < 1.29 is 18.0 Å². The van der Waals surface area contributed by atoms with Gasteiger partial charge in [0.2, 0.25) is 15.6 Å². The van der Waals surface area contributed by atoms with Gasteiger partial charge in [-0.1, -0.05) is 61.5 Å². The molecule has 0 aliphatic carbocycles. The largest absolute Gasteiger partial charge is 0.379 e. The van der Waals surface area contributed by atoms with E-state index in [1.165, 1.54) is 0 Å². The molecule has 3 rings (SSSR count). The lowest BCUT2D eigenvalue weighted by atomic mass is 9.95. The maximum Gasteiger partial charge on any atom is 0.271 e. The Balaban J connectivity index is 1.64. The highest BCUT2D eigenvalue weighted by Gasteiger charge is 2.42. The van der Waals surface area contributed by atoms with Crippen LogP contribution in [0.15, 0.2) is 59.8 Å². The number of hydrogen-bond acceptors (Lipinski definition) is 5. The lowest BCUT2D eigenvalue weighted by Gasteiger charge is -2.20. The number of carbonyl (C=O) groups is 1. The van der Waals surface area contributed by atoms with Gasteiger partial charge < -0.3 is 10.2 Å². The fourth-order valence-electron chi connectivity index (χ4n) is 3.01. The maximum atomic E-state index is 12.8. The van der Waals surface area contributed by atoms with E-state index in [1.807, 2.05) is 44.2 Å². The van der Waals surface area contributed by atoms with Crippen LogP contribution in [0.3, 0.4) is 0 Å². The zero-order chi connectivity index (χ0) is 21.8. The number of anilines is 1. The van der Waals surface area contributed by atoms with Crippen LogP contribution < -0.4 is 10.0 Å². The number of amides is 1. The number of nitrogens with zero attached hydrogens (tertiary/aromatic N) is 1. The third kappa shape index (κ3) is 5.67. The molecule has 2 N–H and O–H groups in total. The maximum absolute atomic E-state index is 12.8. The second kappa shape index (κ2) is 8.97. The summed E-state index contributed by atoms with van der Waals surface area (Å²) in [7, 11) is -3.45. The van der Waals surface area contributed by atoms with Gasteiger partial charge in [0.15, 0.2) is 0 Å². The Morgan fingerprint density at radius 2 is 1.90 bits per heavy atom. The second-order valence-electron chi connectivity index (χ2n) is 8.06. The van der Waals surface area contributed by atoms with Crippen LogP contribution in [0.25, 0.3) is 0 Å². The smallest absolute Gasteiger partial charge is 0.271 e. The summed E-state index contributed by atoms with van der Waals surface area (Å²) in [6, 6.07) is 16.4. The van der Waals surface area contributed by atoms with E-state index in [9.17, 15) is 13.2 Å². The van der Waals surface area contributed by atoms with Crippen LogP contribution in [0.2, 0.25) is 0 Å². The average Bonchev–Trinajstić information content (AvgIpc) is 3.11. The van der Waals surface area contributed by atoms with Crippen LogP contribution in [0, 0.1) is 5.92 Å². The van der Waals surface area contributed by atoms with E-state index in [2.05, 4.69) is 15.2 Å². The van der Waals surface area contributed by atoms with Crippen LogP contribution in [0.4, 0.5) is 5.69 Å². The Bertz CT molecular complexity index is 1040. The van der Waals surface area contributed by atoms with Crippen molar-refractivity contribution in [1.82, 2.24) is 4.72 Å². The summed E-state index contributed by atoms with van der Waals surface area (Å²) >= 11 is 0. The zero-order valence-electron chi connectivity index (χ0n) is 17.4. The van der Waals surface area contributed by atoms with Crippen molar-refractivity contribution in [3.05, 3.63) is 65.7 Å². The molecule has 1 amide bonds. The summed E-state index contributed by atoms with van der Waals surface area (Å²) in [6.07, 6.45) is 0.343. The molecule has 160 valence electrons. The minimum absolute atomic E-state index is 0.154. The first kappa shape index (κ1) is 22.0. The SMILES string of the molecule is CC(C)CNS(=O)(=O)Cc1cccc(NC(=O)C2(C)CC(c3ccccc3)=NO2)c1. The van der Waals surface area contributed by atoms with E-state index in [4.69, 9.17) is 4.84 Å². The Morgan fingerprint density at radius 3 is 2.60 bits per heavy atom. The molecule has 0 saturated carbocycles. The highest BCUT2D eigenvalue weighted by molar-refractivity contribution is 7.88. The number of hydrogen-bond donors (Lipinski definition) is 2. The van der Waals surface area contributed by atoms with Gasteiger partial charge in [0, 0.05) is 18.7 Å². The highest BCUT2D eigenvalue weighted by Crippen LogP contribution is 2.28. The normalized spacial score (nSPS) is 18.7. The monoisotopic (exact) mass is 429 g/mol. The van der Waals surface area contributed by atoms with Gasteiger partial charge in [-0.3, -0.25) is 4.79 Å². The second-order valence-corrected chi connectivity index (χ2v) is 9.87. The van der Waals surface area contributed by atoms with Gasteiger partial charge in [-0.15, -0.1) is 0 Å². The molecular formula is C22H27N3O4S. The van der Waals surface area contributed by atoms with Gasteiger partial charge in [0.05, 0.1) is 11.5 Å². The summed E-state index contributed by atoms with van der Waals surface area (Å²) in [5, 5.41) is 6.91. The van der Waals surface area contributed by atoms with Crippen molar-refractivity contribution in [3.8, 4) is 0 Å². The molecule has 8 heteroatoms. The van der Waals surface area contributed by atoms with Gasteiger partial charge in [-0.05, 0) is 36.1 Å². The topological polar surface area (TPSA) is 96.9 Å². The first-order valence-corrected chi connectivity index (χ1v) is 11.5. The fourth-order valence-corrected chi connectivity index (χ4v) is 4.32. The molecule has 0 radical (unpaired) electrons. The van der Waals surface area contributed by atoms with Gasteiger partial charge in [-0.2, -0.15) is 0 Å². The summed E-state index contributed by atoms with van der Waals surface area (Å²) in [4.78, 5) is 18.3. The zero-order valence-corrected chi connectivity index (χ0v) is 18.2. The van der Waals surface area contributed by atoms with E-state index in [-0.39, 0.29) is 17.6 Å². The Morgan fingerprint density at radius 1 is 1.17 bits per heavy atom. The lowest BCUT2D eigenvalue weighted by Crippen LogP contribution is -2.40. The molecule has 0 saturated heterocycles. The number of nitrogens with one attached hydrogen (secondary N) is 2. The van der Waals surface area contributed by atoms with Crippen molar-refractivity contribution in [2.75, 3.05) is 11.9 Å². The molecule has 2 aromatic carbocycles.